The summed E-state index contributed by atoms with van der Waals surface area (Å²) in [6.07, 6.45) is 0.818. The van der Waals surface area contributed by atoms with Crippen LogP contribution in [0.15, 0.2) is 15.5 Å². The fraction of sp³-hybridized carbons (Fsp3) is 0.533. The maximum absolute atomic E-state index is 12.4. The molecule has 1 aliphatic heterocycles. The Kier molecular flexibility index (Phi) is 4.65. The number of carbonyl (C=O) groups is 1. The highest BCUT2D eigenvalue weighted by Gasteiger charge is 2.25. The van der Waals surface area contributed by atoms with E-state index >= 15 is 0 Å². The summed E-state index contributed by atoms with van der Waals surface area (Å²) in [5.41, 5.74) is 1.83. The molecule has 0 spiro atoms. The molecular formula is C15H21N5O4S. The van der Waals surface area contributed by atoms with Crippen LogP contribution in [0.5, 0.6) is 0 Å². The van der Waals surface area contributed by atoms with Crippen LogP contribution in [0, 0.1) is 13.8 Å². The summed E-state index contributed by atoms with van der Waals surface area (Å²) in [5, 5.41) is 8.12. The molecule has 1 N–H and O–H groups in total. The molecule has 0 radical (unpaired) electrons. The van der Waals surface area contributed by atoms with Gasteiger partial charge in [-0.2, -0.15) is 5.10 Å². The summed E-state index contributed by atoms with van der Waals surface area (Å²) in [4.78, 5) is 13.4. The third-order valence-corrected chi connectivity index (χ3v) is 5.83. The number of carbonyl (C=O) groups excluding carboxylic acids is 1. The molecule has 0 bridgehead atoms. The van der Waals surface area contributed by atoms with E-state index < -0.39 is 10.0 Å². The minimum absolute atomic E-state index is 0.0234. The van der Waals surface area contributed by atoms with Crippen molar-refractivity contribution in [1.29, 1.82) is 0 Å². The number of aryl methyl sites for hydroxylation is 3. The molecule has 9 nitrogen and oxygen atoms in total. The monoisotopic (exact) mass is 367 g/mol. The van der Waals surface area contributed by atoms with Crippen LogP contribution in [0.4, 0.5) is 0 Å². The smallest absolute Gasteiger partial charge is 0.246 e. The number of aromatic nitrogens is 3. The van der Waals surface area contributed by atoms with Crippen LogP contribution >= 0.6 is 0 Å². The van der Waals surface area contributed by atoms with Crippen LogP contribution in [0.1, 0.15) is 36.2 Å². The van der Waals surface area contributed by atoms with Crippen LogP contribution in [-0.2, 0) is 34.5 Å². The standard InChI is InChI=1S/C15H21N5O4S/c1-10-15(11(2)24-18-10)25(22,23)16-8-13-7-14-9-19(12(3)21)5-4-6-20(14)17-13/h7,16H,4-6,8-9H2,1-3H3. The van der Waals surface area contributed by atoms with Gasteiger partial charge in [-0.05, 0) is 26.3 Å². The molecule has 0 saturated heterocycles. The van der Waals surface area contributed by atoms with Gasteiger partial charge in [-0.3, -0.25) is 9.48 Å². The number of hydrogen-bond acceptors (Lipinski definition) is 6. The van der Waals surface area contributed by atoms with Gasteiger partial charge in [-0.15, -0.1) is 0 Å². The molecule has 1 aliphatic rings. The number of fused-ring (bicyclic) bond motifs is 1. The first-order chi connectivity index (χ1) is 11.8. The van der Waals surface area contributed by atoms with E-state index in [9.17, 15) is 13.2 Å². The Morgan fingerprint density at radius 3 is 2.76 bits per heavy atom. The SMILES string of the molecule is CC(=O)N1CCCn2nc(CNS(=O)(=O)c3c(C)noc3C)cc2C1. The van der Waals surface area contributed by atoms with Crippen molar-refractivity contribution in [2.24, 2.45) is 0 Å². The van der Waals surface area contributed by atoms with Crippen molar-refractivity contribution in [3.63, 3.8) is 0 Å². The molecule has 0 atom stereocenters. The second kappa shape index (κ2) is 6.60. The van der Waals surface area contributed by atoms with Gasteiger partial charge in [0.25, 0.3) is 0 Å². The lowest BCUT2D eigenvalue weighted by Gasteiger charge is -2.17. The predicted molar refractivity (Wildman–Crippen MR) is 87.9 cm³/mol. The third-order valence-electron chi connectivity index (χ3n) is 4.19. The van der Waals surface area contributed by atoms with E-state index in [0.29, 0.717) is 31.0 Å². The molecule has 2 aromatic rings. The zero-order valence-electron chi connectivity index (χ0n) is 14.4. The minimum Gasteiger partial charge on any atom is -0.360 e. The number of nitrogens with zero attached hydrogens (tertiary/aromatic N) is 4. The lowest BCUT2D eigenvalue weighted by molar-refractivity contribution is -0.129. The predicted octanol–water partition coefficient (Wildman–Crippen LogP) is 0.719. The average Bonchev–Trinajstić information content (AvgIpc) is 3.01. The van der Waals surface area contributed by atoms with Gasteiger partial charge >= 0.3 is 0 Å². The molecule has 136 valence electrons. The van der Waals surface area contributed by atoms with Gasteiger partial charge in [-0.1, -0.05) is 5.16 Å². The van der Waals surface area contributed by atoms with E-state index in [4.69, 9.17) is 4.52 Å². The van der Waals surface area contributed by atoms with Gasteiger partial charge < -0.3 is 9.42 Å². The van der Waals surface area contributed by atoms with Gasteiger partial charge in [0.2, 0.25) is 15.9 Å². The highest BCUT2D eigenvalue weighted by atomic mass is 32.2. The van der Waals surface area contributed by atoms with Gasteiger partial charge in [0.15, 0.2) is 5.76 Å². The van der Waals surface area contributed by atoms with Crippen molar-refractivity contribution >= 4 is 15.9 Å². The minimum atomic E-state index is -3.73. The van der Waals surface area contributed by atoms with Crippen molar-refractivity contribution in [2.45, 2.75) is 51.7 Å². The van der Waals surface area contributed by atoms with Crippen LogP contribution < -0.4 is 4.72 Å². The van der Waals surface area contributed by atoms with Crippen molar-refractivity contribution in [2.75, 3.05) is 6.54 Å². The van der Waals surface area contributed by atoms with Crippen molar-refractivity contribution < 1.29 is 17.7 Å². The quantitative estimate of drug-likeness (QED) is 0.852. The summed E-state index contributed by atoms with van der Waals surface area (Å²) >= 11 is 0. The van der Waals surface area contributed by atoms with Gasteiger partial charge in [-0.25, -0.2) is 13.1 Å². The zero-order chi connectivity index (χ0) is 18.2. The second-order valence-electron chi connectivity index (χ2n) is 6.12. The highest BCUT2D eigenvalue weighted by Crippen LogP contribution is 2.19. The van der Waals surface area contributed by atoms with E-state index in [1.165, 1.54) is 0 Å². The van der Waals surface area contributed by atoms with Crippen LogP contribution in [0.3, 0.4) is 0 Å². The summed E-state index contributed by atoms with van der Waals surface area (Å²) in [6, 6.07) is 1.83. The summed E-state index contributed by atoms with van der Waals surface area (Å²) in [5.74, 6) is 0.276. The Morgan fingerprint density at radius 2 is 2.12 bits per heavy atom. The first-order valence-corrected chi connectivity index (χ1v) is 9.50. The third kappa shape index (κ3) is 3.59. The first kappa shape index (κ1) is 17.6. The summed E-state index contributed by atoms with van der Waals surface area (Å²) in [6.45, 7) is 6.64. The number of amides is 1. The molecule has 3 heterocycles. The van der Waals surface area contributed by atoms with Crippen molar-refractivity contribution in [1.82, 2.24) is 24.6 Å². The summed E-state index contributed by atoms with van der Waals surface area (Å²) in [7, 11) is -3.73. The fourth-order valence-electron chi connectivity index (χ4n) is 2.98. The number of sulfonamides is 1. The molecule has 0 unspecified atom stereocenters. The van der Waals surface area contributed by atoms with Crippen LogP contribution in [0.2, 0.25) is 0 Å². The Bertz CT molecular complexity index is 880. The normalized spacial score (nSPS) is 15.1. The Balaban J connectivity index is 1.75. The largest absolute Gasteiger partial charge is 0.360 e. The van der Waals surface area contributed by atoms with Crippen LogP contribution in [-0.4, -0.2) is 40.7 Å². The van der Waals surface area contributed by atoms with E-state index in [-0.39, 0.29) is 23.1 Å². The fourth-order valence-corrected chi connectivity index (χ4v) is 4.30. The Morgan fingerprint density at radius 1 is 1.36 bits per heavy atom. The first-order valence-electron chi connectivity index (χ1n) is 8.01. The maximum atomic E-state index is 12.4. The molecular weight excluding hydrogens is 346 g/mol. The van der Waals surface area contributed by atoms with E-state index in [0.717, 1.165) is 12.1 Å². The van der Waals surface area contributed by atoms with E-state index in [1.807, 2.05) is 10.7 Å². The number of nitrogens with one attached hydrogen (secondary N) is 1. The highest BCUT2D eigenvalue weighted by molar-refractivity contribution is 7.89. The Hall–Kier alpha value is -2.20. The lowest BCUT2D eigenvalue weighted by Crippen LogP contribution is -2.28. The zero-order valence-corrected chi connectivity index (χ0v) is 15.3. The van der Waals surface area contributed by atoms with Crippen molar-refractivity contribution in [3.05, 3.63) is 28.9 Å². The molecule has 0 aromatic carbocycles. The molecule has 25 heavy (non-hydrogen) atoms. The molecule has 1 amide bonds. The van der Waals surface area contributed by atoms with Crippen molar-refractivity contribution in [3.8, 4) is 0 Å². The van der Waals surface area contributed by atoms with E-state index in [1.54, 1.807) is 25.7 Å². The maximum Gasteiger partial charge on any atom is 0.246 e. The molecule has 0 saturated carbocycles. The molecule has 10 heteroatoms. The molecule has 0 fully saturated rings. The number of rotatable bonds is 4. The lowest BCUT2D eigenvalue weighted by atomic mass is 10.3. The molecule has 3 rings (SSSR count). The second-order valence-corrected chi connectivity index (χ2v) is 7.83. The average molecular weight is 367 g/mol. The van der Waals surface area contributed by atoms with E-state index in [2.05, 4.69) is 15.0 Å². The number of hydrogen-bond donors (Lipinski definition) is 1. The van der Waals surface area contributed by atoms with Gasteiger partial charge in [0.1, 0.15) is 10.6 Å². The van der Waals surface area contributed by atoms with Gasteiger partial charge in [0, 0.05) is 20.0 Å². The molecule has 0 aliphatic carbocycles. The summed E-state index contributed by atoms with van der Waals surface area (Å²) < 4.78 is 34.2. The van der Waals surface area contributed by atoms with Crippen LogP contribution in [0.25, 0.3) is 0 Å². The molecule has 2 aromatic heterocycles. The Labute approximate surface area is 146 Å². The van der Waals surface area contributed by atoms with Gasteiger partial charge in [0.05, 0.1) is 24.5 Å². The topological polar surface area (TPSA) is 110 Å².